The summed E-state index contributed by atoms with van der Waals surface area (Å²) in [5, 5.41) is 11.8. The van der Waals surface area contributed by atoms with Crippen LogP contribution in [0.2, 0.25) is 0 Å². The van der Waals surface area contributed by atoms with Crippen LogP contribution in [0.25, 0.3) is 0 Å². The van der Waals surface area contributed by atoms with Gasteiger partial charge in [-0.15, -0.1) is 11.8 Å². The number of thioether (sulfide) groups is 1. The van der Waals surface area contributed by atoms with Gasteiger partial charge < -0.3 is 15.3 Å². The van der Waals surface area contributed by atoms with Crippen molar-refractivity contribution in [2.24, 2.45) is 0 Å². The molecule has 126 valence electrons. The minimum absolute atomic E-state index is 0.0579. The molecule has 0 bridgehead atoms. The van der Waals surface area contributed by atoms with E-state index in [4.69, 9.17) is 5.11 Å². The lowest BCUT2D eigenvalue weighted by atomic mass is 10.2. The number of benzene rings is 1. The van der Waals surface area contributed by atoms with Gasteiger partial charge in [0.1, 0.15) is 6.04 Å². The standard InChI is InChI=1S/C16H22N2O4S/c1-10(2)17-14(19)9-23-13-8-6-5-7-12(13)15(20)18(4)11(3)16(21)22/h5-8,10-11H,9H2,1-4H3,(H,17,19)(H,21,22). The van der Waals surface area contributed by atoms with Crippen molar-refractivity contribution in [1.82, 2.24) is 10.2 Å². The Labute approximate surface area is 140 Å². The van der Waals surface area contributed by atoms with Crippen molar-refractivity contribution in [3.8, 4) is 0 Å². The summed E-state index contributed by atoms with van der Waals surface area (Å²) in [6.07, 6.45) is 0. The lowest BCUT2D eigenvalue weighted by Gasteiger charge is -2.22. The van der Waals surface area contributed by atoms with E-state index in [1.54, 1.807) is 24.3 Å². The van der Waals surface area contributed by atoms with Crippen LogP contribution in [0.15, 0.2) is 29.2 Å². The second-order valence-corrected chi connectivity index (χ2v) is 6.45. The quantitative estimate of drug-likeness (QED) is 0.741. The predicted octanol–water partition coefficient (Wildman–Crippen LogP) is 1.85. The number of amides is 2. The van der Waals surface area contributed by atoms with Crippen LogP contribution >= 0.6 is 11.8 Å². The topological polar surface area (TPSA) is 86.7 Å². The lowest BCUT2D eigenvalue weighted by molar-refractivity contribution is -0.141. The molecule has 0 saturated carbocycles. The van der Waals surface area contributed by atoms with Gasteiger partial charge in [-0.05, 0) is 32.9 Å². The van der Waals surface area contributed by atoms with Gasteiger partial charge in [0.25, 0.3) is 5.91 Å². The summed E-state index contributed by atoms with van der Waals surface area (Å²) < 4.78 is 0. The molecule has 1 aromatic carbocycles. The number of rotatable bonds is 7. The summed E-state index contributed by atoms with van der Waals surface area (Å²) in [7, 11) is 1.45. The SMILES string of the molecule is CC(C)NC(=O)CSc1ccccc1C(=O)N(C)C(C)C(=O)O. The molecular formula is C16H22N2O4S. The van der Waals surface area contributed by atoms with Crippen molar-refractivity contribution < 1.29 is 19.5 Å². The Morgan fingerprint density at radius 2 is 1.83 bits per heavy atom. The van der Waals surface area contributed by atoms with Gasteiger partial charge in [0.2, 0.25) is 5.91 Å². The van der Waals surface area contributed by atoms with Crippen molar-refractivity contribution in [3.05, 3.63) is 29.8 Å². The fourth-order valence-electron chi connectivity index (χ4n) is 1.81. The number of carbonyl (C=O) groups is 3. The van der Waals surface area contributed by atoms with Crippen LogP contribution in [-0.2, 0) is 9.59 Å². The normalized spacial score (nSPS) is 11.9. The minimum Gasteiger partial charge on any atom is -0.480 e. The molecule has 0 saturated heterocycles. The van der Waals surface area contributed by atoms with Crippen LogP contribution in [-0.4, -0.2) is 52.7 Å². The van der Waals surface area contributed by atoms with Gasteiger partial charge in [-0.1, -0.05) is 12.1 Å². The highest BCUT2D eigenvalue weighted by molar-refractivity contribution is 8.00. The largest absolute Gasteiger partial charge is 0.480 e. The fraction of sp³-hybridized carbons (Fsp3) is 0.438. The first kappa shape index (κ1) is 19.0. The molecule has 1 atom stereocenters. The van der Waals surface area contributed by atoms with Crippen LogP contribution in [0.5, 0.6) is 0 Å². The zero-order valence-corrected chi connectivity index (χ0v) is 14.5. The van der Waals surface area contributed by atoms with Gasteiger partial charge in [0.15, 0.2) is 0 Å². The van der Waals surface area contributed by atoms with Gasteiger partial charge in [0.05, 0.1) is 11.3 Å². The molecule has 0 aliphatic heterocycles. The van der Waals surface area contributed by atoms with E-state index in [-0.39, 0.29) is 23.6 Å². The van der Waals surface area contributed by atoms with Gasteiger partial charge in [0, 0.05) is 18.0 Å². The molecule has 7 heteroatoms. The number of nitrogens with one attached hydrogen (secondary N) is 1. The average Bonchev–Trinajstić information content (AvgIpc) is 2.50. The number of likely N-dealkylation sites (N-methyl/N-ethyl adjacent to an activating group) is 1. The van der Waals surface area contributed by atoms with Crippen molar-refractivity contribution in [2.45, 2.75) is 37.8 Å². The van der Waals surface area contributed by atoms with Gasteiger partial charge in [-0.3, -0.25) is 9.59 Å². The molecule has 6 nitrogen and oxygen atoms in total. The number of hydrogen-bond acceptors (Lipinski definition) is 4. The number of carboxylic acids is 1. The smallest absolute Gasteiger partial charge is 0.326 e. The van der Waals surface area contributed by atoms with Crippen molar-refractivity contribution in [3.63, 3.8) is 0 Å². The minimum atomic E-state index is -1.07. The summed E-state index contributed by atoms with van der Waals surface area (Å²) in [5.74, 6) is -1.37. The molecule has 2 N–H and O–H groups in total. The van der Waals surface area contributed by atoms with Gasteiger partial charge in [-0.25, -0.2) is 4.79 Å². The number of carbonyl (C=O) groups excluding carboxylic acids is 2. The Bertz CT molecular complexity index is 589. The van der Waals surface area contributed by atoms with Crippen LogP contribution in [0.3, 0.4) is 0 Å². The molecule has 0 heterocycles. The third kappa shape index (κ3) is 5.59. The fourth-order valence-corrected chi connectivity index (χ4v) is 2.66. The number of nitrogens with zero attached hydrogens (tertiary/aromatic N) is 1. The van der Waals surface area contributed by atoms with Crippen LogP contribution < -0.4 is 5.32 Å². The molecule has 23 heavy (non-hydrogen) atoms. The third-order valence-corrected chi connectivity index (χ3v) is 4.26. The maximum atomic E-state index is 12.5. The molecule has 0 fully saturated rings. The highest BCUT2D eigenvalue weighted by Gasteiger charge is 2.24. The first-order valence-electron chi connectivity index (χ1n) is 7.25. The molecule has 0 aliphatic carbocycles. The Hall–Kier alpha value is -2.02. The third-order valence-electron chi connectivity index (χ3n) is 3.18. The summed E-state index contributed by atoms with van der Waals surface area (Å²) in [4.78, 5) is 37.1. The number of hydrogen-bond donors (Lipinski definition) is 2. The maximum Gasteiger partial charge on any atom is 0.326 e. The van der Waals surface area contributed by atoms with E-state index < -0.39 is 12.0 Å². The summed E-state index contributed by atoms with van der Waals surface area (Å²) >= 11 is 1.26. The van der Waals surface area contributed by atoms with E-state index in [0.29, 0.717) is 10.5 Å². The van der Waals surface area contributed by atoms with Gasteiger partial charge in [-0.2, -0.15) is 0 Å². The summed E-state index contributed by atoms with van der Waals surface area (Å²) in [6.45, 7) is 5.21. The number of carboxylic acid groups (broad SMARTS) is 1. The van der Waals surface area contributed by atoms with E-state index in [1.807, 2.05) is 13.8 Å². The molecule has 1 aromatic rings. The summed E-state index contributed by atoms with van der Waals surface area (Å²) in [5.41, 5.74) is 0.394. The molecular weight excluding hydrogens is 316 g/mol. The molecule has 2 amide bonds. The Kier molecular flexibility index (Phi) is 7.09. The van der Waals surface area contributed by atoms with Crippen LogP contribution in [0.1, 0.15) is 31.1 Å². The Morgan fingerprint density at radius 1 is 1.22 bits per heavy atom. The highest BCUT2D eigenvalue weighted by Crippen LogP contribution is 2.24. The van der Waals surface area contributed by atoms with Gasteiger partial charge >= 0.3 is 5.97 Å². The first-order chi connectivity index (χ1) is 10.7. The first-order valence-corrected chi connectivity index (χ1v) is 8.23. The zero-order valence-electron chi connectivity index (χ0n) is 13.7. The van der Waals surface area contributed by atoms with Crippen LogP contribution in [0, 0.1) is 0 Å². The van der Waals surface area contributed by atoms with Crippen molar-refractivity contribution >= 4 is 29.5 Å². The number of aliphatic carboxylic acids is 1. The predicted molar refractivity (Wildman–Crippen MR) is 89.6 cm³/mol. The van der Waals surface area contributed by atoms with Crippen molar-refractivity contribution in [2.75, 3.05) is 12.8 Å². The Balaban J connectivity index is 2.86. The summed E-state index contributed by atoms with van der Waals surface area (Å²) in [6, 6.07) is 6.01. The van der Waals surface area contributed by atoms with E-state index in [2.05, 4.69) is 5.32 Å². The van der Waals surface area contributed by atoms with E-state index in [9.17, 15) is 14.4 Å². The second-order valence-electron chi connectivity index (χ2n) is 5.44. The lowest BCUT2D eigenvalue weighted by Crippen LogP contribution is -2.40. The van der Waals surface area contributed by atoms with Crippen LogP contribution in [0.4, 0.5) is 0 Å². The molecule has 1 rings (SSSR count). The van der Waals surface area contributed by atoms with E-state index >= 15 is 0 Å². The molecule has 0 spiro atoms. The zero-order chi connectivity index (χ0) is 17.6. The molecule has 0 radical (unpaired) electrons. The van der Waals surface area contributed by atoms with E-state index in [0.717, 1.165) is 0 Å². The van der Waals surface area contributed by atoms with Crippen molar-refractivity contribution in [1.29, 1.82) is 0 Å². The molecule has 0 aromatic heterocycles. The highest BCUT2D eigenvalue weighted by atomic mass is 32.2. The second kappa shape index (κ2) is 8.57. The average molecular weight is 338 g/mol. The molecule has 0 aliphatic rings. The Morgan fingerprint density at radius 3 is 2.39 bits per heavy atom. The molecule has 1 unspecified atom stereocenters. The monoisotopic (exact) mass is 338 g/mol. The van der Waals surface area contributed by atoms with E-state index in [1.165, 1.54) is 30.6 Å². The maximum absolute atomic E-state index is 12.5.